The number of carbonyl (C=O) groups excluding carboxylic acids is 2. The minimum atomic E-state index is -0.433. The number of nitrogens with zero attached hydrogens (tertiary/aromatic N) is 2. The van der Waals surface area contributed by atoms with Crippen LogP contribution in [0.15, 0.2) is 48.2 Å². The van der Waals surface area contributed by atoms with E-state index in [1.54, 1.807) is 49.6 Å². The number of aliphatic hydroxyl groups excluding tert-OH is 1. The van der Waals surface area contributed by atoms with E-state index in [2.05, 4.69) is 0 Å². The van der Waals surface area contributed by atoms with Crippen molar-refractivity contribution in [3.05, 3.63) is 53.7 Å². The fourth-order valence-electron chi connectivity index (χ4n) is 4.44. The van der Waals surface area contributed by atoms with Crippen LogP contribution < -0.4 is 19.1 Å². The van der Waals surface area contributed by atoms with Crippen LogP contribution in [0.4, 0.5) is 5.69 Å². The lowest BCUT2D eigenvalue weighted by Gasteiger charge is -2.34. The molecule has 2 aromatic rings. The van der Waals surface area contributed by atoms with Crippen LogP contribution in [-0.4, -0.2) is 62.8 Å². The highest BCUT2D eigenvalue weighted by Gasteiger charge is 2.44. The van der Waals surface area contributed by atoms with Crippen molar-refractivity contribution in [2.24, 2.45) is 5.92 Å². The Labute approximate surface area is 193 Å². The molecular weight excluding hydrogens is 424 g/mol. The number of amides is 2. The zero-order valence-electron chi connectivity index (χ0n) is 19.0. The second-order valence-corrected chi connectivity index (χ2v) is 8.07. The summed E-state index contributed by atoms with van der Waals surface area (Å²) in [5.41, 5.74) is 1.61. The third kappa shape index (κ3) is 4.14. The van der Waals surface area contributed by atoms with E-state index in [1.807, 2.05) is 4.90 Å². The lowest BCUT2D eigenvalue weighted by atomic mass is 9.97. The molecule has 1 atom stereocenters. The fraction of sp³-hybridized carbons (Fsp3) is 0.360. The van der Waals surface area contributed by atoms with Crippen molar-refractivity contribution < 1.29 is 28.9 Å². The molecule has 8 nitrogen and oxygen atoms in total. The van der Waals surface area contributed by atoms with E-state index in [1.165, 1.54) is 14.2 Å². The molecule has 0 radical (unpaired) electrons. The molecule has 0 aliphatic carbocycles. The average molecular weight is 453 g/mol. The molecule has 0 aromatic heterocycles. The Balaban J connectivity index is 1.84. The zero-order valence-corrected chi connectivity index (χ0v) is 19.0. The Kier molecular flexibility index (Phi) is 6.55. The highest BCUT2D eigenvalue weighted by atomic mass is 16.5. The summed E-state index contributed by atoms with van der Waals surface area (Å²) in [6, 6.07) is 12.1. The summed E-state index contributed by atoms with van der Waals surface area (Å²) in [7, 11) is 4.59. The third-order valence-corrected chi connectivity index (χ3v) is 6.16. The maximum absolute atomic E-state index is 13.8. The van der Waals surface area contributed by atoms with Gasteiger partial charge in [0.05, 0.1) is 32.6 Å². The summed E-state index contributed by atoms with van der Waals surface area (Å²) in [5.74, 6) is 0.742. The highest BCUT2D eigenvalue weighted by Crippen LogP contribution is 2.41. The summed E-state index contributed by atoms with van der Waals surface area (Å²) < 4.78 is 16.0. The Bertz CT molecular complexity index is 1080. The number of hydrogen-bond donors (Lipinski definition) is 1. The van der Waals surface area contributed by atoms with Gasteiger partial charge in [-0.1, -0.05) is 12.1 Å². The van der Waals surface area contributed by atoms with Crippen LogP contribution in [-0.2, 0) is 9.59 Å². The molecule has 0 bridgehead atoms. The van der Waals surface area contributed by atoms with Crippen LogP contribution in [0.1, 0.15) is 18.4 Å². The monoisotopic (exact) mass is 452 g/mol. The highest BCUT2D eigenvalue weighted by molar-refractivity contribution is 6.45. The molecule has 2 aliphatic rings. The minimum absolute atomic E-state index is 0.0389. The number of likely N-dealkylation sites (tertiary alicyclic amines) is 1. The molecule has 4 rings (SSSR count). The number of imide groups is 1. The van der Waals surface area contributed by atoms with Crippen LogP contribution in [0, 0.1) is 5.92 Å². The van der Waals surface area contributed by atoms with Crippen molar-refractivity contribution in [1.82, 2.24) is 4.90 Å². The summed E-state index contributed by atoms with van der Waals surface area (Å²) >= 11 is 0. The van der Waals surface area contributed by atoms with Gasteiger partial charge in [0.2, 0.25) is 0 Å². The van der Waals surface area contributed by atoms with Crippen molar-refractivity contribution in [3.8, 4) is 17.2 Å². The van der Waals surface area contributed by atoms with Crippen molar-refractivity contribution in [3.63, 3.8) is 0 Å². The molecule has 2 aliphatic heterocycles. The Morgan fingerprint density at radius 1 is 0.939 bits per heavy atom. The fourth-order valence-corrected chi connectivity index (χ4v) is 4.44. The Morgan fingerprint density at radius 3 is 2.27 bits per heavy atom. The van der Waals surface area contributed by atoms with Crippen molar-refractivity contribution >= 4 is 23.1 Å². The molecule has 8 heteroatoms. The number of hydrogen-bond acceptors (Lipinski definition) is 7. The van der Waals surface area contributed by atoms with Crippen molar-refractivity contribution in [2.45, 2.75) is 12.8 Å². The van der Waals surface area contributed by atoms with Gasteiger partial charge in [0.1, 0.15) is 22.9 Å². The third-order valence-electron chi connectivity index (χ3n) is 6.16. The summed E-state index contributed by atoms with van der Waals surface area (Å²) in [6.45, 7) is 1.18. The number of aliphatic hydroxyl groups is 1. The molecule has 33 heavy (non-hydrogen) atoms. The zero-order chi connectivity index (χ0) is 23.5. The van der Waals surface area contributed by atoms with E-state index in [0.29, 0.717) is 52.9 Å². The first-order chi connectivity index (χ1) is 16.0. The van der Waals surface area contributed by atoms with E-state index in [4.69, 9.17) is 14.2 Å². The van der Waals surface area contributed by atoms with E-state index >= 15 is 0 Å². The van der Waals surface area contributed by atoms with Gasteiger partial charge >= 0.3 is 0 Å². The molecule has 1 saturated heterocycles. The predicted octanol–water partition coefficient (Wildman–Crippen LogP) is 2.70. The van der Waals surface area contributed by atoms with E-state index in [0.717, 1.165) is 17.7 Å². The molecule has 1 fully saturated rings. The Hall–Kier alpha value is -3.52. The quantitative estimate of drug-likeness (QED) is 0.646. The first kappa shape index (κ1) is 22.7. The number of piperidine rings is 1. The van der Waals surface area contributed by atoms with Gasteiger partial charge in [0, 0.05) is 25.8 Å². The van der Waals surface area contributed by atoms with Crippen LogP contribution >= 0.6 is 0 Å². The van der Waals surface area contributed by atoms with Gasteiger partial charge in [0.25, 0.3) is 11.8 Å². The number of rotatable bonds is 7. The predicted molar refractivity (Wildman–Crippen MR) is 123 cm³/mol. The topological polar surface area (TPSA) is 88.5 Å². The van der Waals surface area contributed by atoms with Crippen molar-refractivity contribution in [1.29, 1.82) is 0 Å². The van der Waals surface area contributed by atoms with E-state index in [9.17, 15) is 14.7 Å². The largest absolute Gasteiger partial charge is 0.497 e. The lowest BCUT2D eigenvalue weighted by molar-refractivity contribution is -0.120. The van der Waals surface area contributed by atoms with E-state index < -0.39 is 11.8 Å². The van der Waals surface area contributed by atoms with Gasteiger partial charge in [-0.25, -0.2) is 4.90 Å². The Morgan fingerprint density at radius 2 is 1.64 bits per heavy atom. The SMILES string of the molecule is COc1ccc(C2=C(N3CCCC(CO)C3)C(=O)N(c3cc(OC)ccc3OC)C2=O)cc1. The molecule has 1 N–H and O–H groups in total. The molecule has 0 spiro atoms. The molecule has 0 saturated carbocycles. The smallest absolute Gasteiger partial charge is 0.282 e. The average Bonchev–Trinajstić information content (AvgIpc) is 3.13. The van der Waals surface area contributed by atoms with Crippen LogP contribution in [0.2, 0.25) is 0 Å². The number of benzene rings is 2. The summed E-state index contributed by atoms with van der Waals surface area (Å²) in [4.78, 5) is 30.7. The molecule has 174 valence electrons. The van der Waals surface area contributed by atoms with Crippen LogP contribution in [0.3, 0.4) is 0 Å². The van der Waals surface area contributed by atoms with Crippen LogP contribution in [0.25, 0.3) is 5.57 Å². The number of carbonyl (C=O) groups is 2. The van der Waals surface area contributed by atoms with E-state index in [-0.39, 0.29) is 12.5 Å². The maximum atomic E-state index is 13.8. The number of methoxy groups -OCH3 is 3. The normalized spacial score (nSPS) is 18.7. The molecule has 2 amide bonds. The maximum Gasteiger partial charge on any atom is 0.282 e. The lowest BCUT2D eigenvalue weighted by Crippen LogP contribution is -2.40. The molecule has 1 unspecified atom stereocenters. The van der Waals surface area contributed by atoms with Gasteiger partial charge in [-0.05, 0) is 48.6 Å². The van der Waals surface area contributed by atoms with Gasteiger partial charge < -0.3 is 24.2 Å². The van der Waals surface area contributed by atoms with Crippen LogP contribution in [0.5, 0.6) is 17.2 Å². The van der Waals surface area contributed by atoms with Gasteiger partial charge in [-0.3, -0.25) is 9.59 Å². The first-order valence-corrected chi connectivity index (χ1v) is 10.9. The second-order valence-electron chi connectivity index (χ2n) is 8.07. The molecule has 2 aromatic carbocycles. The second kappa shape index (κ2) is 9.54. The van der Waals surface area contributed by atoms with Gasteiger partial charge in [0.15, 0.2) is 0 Å². The first-order valence-electron chi connectivity index (χ1n) is 10.9. The summed E-state index contributed by atoms with van der Waals surface area (Å²) in [6.07, 6.45) is 1.71. The van der Waals surface area contributed by atoms with Gasteiger partial charge in [-0.15, -0.1) is 0 Å². The van der Waals surface area contributed by atoms with Crippen molar-refractivity contribution in [2.75, 3.05) is 45.9 Å². The molecular formula is C25H28N2O6. The van der Waals surface area contributed by atoms with Gasteiger partial charge in [-0.2, -0.15) is 0 Å². The standard InChI is InChI=1S/C25H28N2O6/c1-31-18-8-6-17(7-9-18)22-23(26-12-4-5-16(14-26)15-28)25(30)27(24(22)29)20-13-19(32-2)10-11-21(20)33-3/h6-11,13,16,28H,4-5,12,14-15H2,1-3H3. The summed E-state index contributed by atoms with van der Waals surface area (Å²) in [5, 5.41) is 9.72. The number of anilines is 1. The number of ether oxygens (including phenoxy) is 3. The molecule has 2 heterocycles. The minimum Gasteiger partial charge on any atom is -0.497 e.